The van der Waals surface area contributed by atoms with E-state index in [1.54, 1.807) is 0 Å². The van der Waals surface area contributed by atoms with Crippen molar-refractivity contribution in [2.75, 3.05) is 0 Å². The van der Waals surface area contributed by atoms with Gasteiger partial charge in [0.05, 0.1) is 11.7 Å². The van der Waals surface area contributed by atoms with Crippen molar-refractivity contribution < 1.29 is 14.7 Å². The highest BCUT2D eigenvalue weighted by atomic mass is 16.7. The van der Waals surface area contributed by atoms with Crippen LogP contribution in [0.3, 0.4) is 0 Å². The second kappa shape index (κ2) is 4.94. The van der Waals surface area contributed by atoms with Gasteiger partial charge in [0.25, 0.3) is 0 Å². The predicted octanol–water partition coefficient (Wildman–Crippen LogP) is 1.38. The Hall–Kier alpha value is -0.610. The molecule has 1 saturated carbocycles. The van der Waals surface area contributed by atoms with E-state index in [1.807, 2.05) is 20.8 Å². The molecule has 1 amide bonds. The lowest BCUT2D eigenvalue weighted by Crippen LogP contribution is -2.38. The van der Waals surface area contributed by atoms with Crippen molar-refractivity contribution in [3.8, 4) is 0 Å². The summed E-state index contributed by atoms with van der Waals surface area (Å²) >= 11 is 0. The molecule has 0 unspecified atom stereocenters. The Morgan fingerprint density at radius 2 is 1.80 bits per heavy atom. The first-order valence-corrected chi connectivity index (χ1v) is 5.54. The van der Waals surface area contributed by atoms with Gasteiger partial charge in [-0.15, -0.1) is 0 Å². The van der Waals surface area contributed by atoms with Gasteiger partial charge < -0.3 is 5.11 Å². The number of carbonyl (C=O) groups is 1. The highest BCUT2D eigenvalue weighted by molar-refractivity contribution is 5.77. The van der Waals surface area contributed by atoms with Crippen LogP contribution < -0.4 is 5.48 Å². The van der Waals surface area contributed by atoms with Crippen molar-refractivity contribution in [2.24, 2.45) is 5.92 Å². The molecule has 4 heteroatoms. The van der Waals surface area contributed by atoms with Crippen LogP contribution in [0.2, 0.25) is 0 Å². The van der Waals surface area contributed by atoms with E-state index in [4.69, 9.17) is 4.84 Å². The Labute approximate surface area is 91.0 Å². The largest absolute Gasteiger partial charge is 0.393 e. The first kappa shape index (κ1) is 12.5. The van der Waals surface area contributed by atoms with Gasteiger partial charge in [-0.2, -0.15) is 0 Å². The van der Waals surface area contributed by atoms with Crippen LogP contribution in [-0.4, -0.2) is 22.7 Å². The summed E-state index contributed by atoms with van der Waals surface area (Å²) in [5.74, 6) is -0.0624. The summed E-state index contributed by atoms with van der Waals surface area (Å²) in [6.07, 6.45) is 2.71. The van der Waals surface area contributed by atoms with E-state index in [0.717, 1.165) is 12.8 Å². The summed E-state index contributed by atoms with van der Waals surface area (Å²) in [6.45, 7) is 5.66. The molecule has 88 valence electrons. The molecule has 15 heavy (non-hydrogen) atoms. The second-order valence-corrected chi connectivity index (χ2v) is 5.19. The van der Waals surface area contributed by atoms with Gasteiger partial charge in [-0.05, 0) is 46.5 Å². The highest BCUT2D eigenvalue weighted by Crippen LogP contribution is 2.24. The summed E-state index contributed by atoms with van der Waals surface area (Å²) < 4.78 is 0. The quantitative estimate of drug-likeness (QED) is 0.684. The van der Waals surface area contributed by atoms with Gasteiger partial charge in [0.2, 0.25) is 5.91 Å². The molecule has 1 rings (SSSR count). The van der Waals surface area contributed by atoms with E-state index < -0.39 is 0 Å². The number of aliphatic hydroxyl groups excluding tert-OH is 1. The predicted molar refractivity (Wildman–Crippen MR) is 56.9 cm³/mol. The third kappa shape index (κ3) is 4.62. The van der Waals surface area contributed by atoms with Gasteiger partial charge in [0, 0.05) is 5.92 Å². The summed E-state index contributed by atoms with van der Waals surface area (Å²) in [6, 6.07) is 0. The van der Waals surface area contributed by atoms with Crippen LogP contribution in [0, 0.1) is 5.92 Å². The Bertz CT molecular complexity index is 214. The number of carbonyl (C=O) groups excluding carboxylic acids is 1. The van der Waals surface area contributed by atoms with Crippen molar-refractivity contribution in [3.05, 3.63) is 0 Å². The van der Waals surface area contributed by atoms with Gasteiger partial charge in [-0.25, -0.2) is 5.48 Å². The van der Waals surface area contributed by atoms with Crippen LogP contribution in [0.5, 0.6) is 0 Å². The average molecular weight is 215 g/mol. The molecule has 0 aliphatic heterocycles. The number of nitrogens with one attached hydrogen (secondary N) is 1. The zero-order valence-electron chi connectivity index (χ0n) is 9.75. The lowest BCUT2D eigenvalue weighted by atomic mass is 9.87. The molecule has 0 saturated heterocycles. The fourth-order valence-corrected chi connectivity index (χ4v) is 1.62. The molecule has 0 aromatic heterocycles. The van der Waals surface area contributed by atoms with E-state index in [2.05, 4.69) is 5.48 Å². The minimum Gasteiger partial charge on any atom is -0.393 e. The Morgan fingerprint density at radius 3 is 2.27 bits per heavy atom. The van der Waals surface area contributed by atoms with E-state index in [-0.39, 0.29) is 23.5 Å². The molecule has 0 radical (unpaired) electrons. The third-order valence-corrected chi connectivity index (χ3v) is 2.53. The van der Waals surface area contributed by atoms with E-state index >= 15 is 0 Å². The number of aliphatic hydroxyl groups is 1. The smallest absolute Gasteiger partial charge is 0.246 e. The second-order valence-electron chi connectivity index (χ2n) is 5.19. The molecule has 0 heterocycles. The summed E-state index contributed by atoms with van der Waals surface area (Å²) in [5, 5.41) is 9.30. The molecular weight excluding hydrogens is 194 g/mol. The highest BCUT2D eigenvalue weighted by Gasteiger charge is 2.26. The lowest BCUT2D eigenvalue weighted by molar-refractivity contribution is -0.151. The zero-order chi connectivity index (χ0) is 11.5. The minimum absolute atomic E-state index is 0.00394. The molecule has 2 N–H and O–H groups in total. The number of hydrogen-bond acceptors (Lipinski definition) is 3. The van der Waals surface area contributed by atoms with Crippen molar-refractivity contribution in [1.29, 1.82) is 0 Å². The maximum Gasteiger partial charge on any atom is 0.246 e. The average Bonchev–Trinajstić information content (AvgIpc) is 2.14. The van der Waals surface area contributed by atoms with E-state index in [9.17, 15) is 9.90 Å². The maximum atomic E-state index is 11.6. The normalized spacial score (nSPS) is 27.5. The van der Waals surface area contributed by atoms with Crippen LogP contribution >= 0.6 is 0 Å². The summed E-state index contributed by atoms with van der Waals surface area (Å²) in [5.41, 5.74) is 2.13. The molecule has 0 bridgehead atoms. The van der Waals surface area contributed by atoms with Gasteiger partial charge >= 0.3 is 0 Å². The van der Waals surface area contributed by atoms with Gasteiger partial charge in [0.1, 0.15) is 0 Å². The summed E-state index contributed by atoms with van der Waals surface area (Å²) in [4.78, 5) is 16.8. The third-order valence-electron chi connectivity index (χ3n) is 2.53. The fraction of sp³-hybridized carbons (Fsp3) is 0.909. The Morgan fingerprint density at radius 1 is 1.27 bits per heavy atom. The molecule has 0 aromatic rings. The van der Waals surface area contributed by atoms with Crippen LogP contribution in [0.4, 0.5) is 0 Å². The van der Waals surface area contributed by atoms with E-state index in [0.29, 0.717) is 12.8 Å². The Balaban J connectivity index is 2.29. The molecular formula is C11H21NO3. The molecule has 0 spiro atoms. The molecule has 4 nitrogen and oxygen atoms in total. The van der Waals surface area contributed by atoms with E-state index in [1.165, 1.54) is 0 Å². The SMILES string of the molecule is CC(C)(C)ONC(=O)C1CCC(O)CC1. The zero-order valence-corrected chi connectivity index (χ0v) is 9.75. The summed E-state index contributed by atoms with van der Waals surface area (Å²) in [7, 11) is 0. The van der Waals surface area contributed by atoms with Crippen LogP contribution in [0.1, 0.15) is 46.5 Å². The number of rotatable bonds is 2. The topological polar surface area (TPSA) is 58.6 Å². The lowest BCUT2D eigenvalue weighted by Gasteiger charge is -2.26. The molecule has 1 aliphatic rings. The van der Waals surface area contributed by atoms with Crippen LogP contribution in [-0.2, 0) is 9.63 Å². The minimum atomic E-state index is -0.357. The molecule has 0 atom stereocenters. The first-order valence-electron chi connectivity index (χ1n) is 5.54. The monoisotopic (exact) mass is 215 g/mol. The van der Waals surface area contributed by atoms with Gasteiger partial charge in [-0.1, -0.05) is 0 Å². The molecule has 1 aliphatic carbocycles. The van der Waals surface area contributed by atoms with Crippen molar-refractivity contribution >= 4 is 5.91 Å². The molecule has 0 aromatic carbocycles. The number of hydrogen-bond donors (Lipinski definition) is 2. The Kier molecular flexibility index (Phi) is 4.11. The van der Waals surface area contributed by atoms with Crippen LogP contribution in [0.25, 0.3) is 0 Å². The van der Waals surface area contributed by atoms with Crippen molar-refractivity contribution in [1.82, 2.24) is 5.48 Å². The van der Waals surface area contributed by atoms with Gasteiger partial charge in [-0.3, -0.25) is 9.63 Å². The number of amides is 1. The fourth-order valence-electron chi connectivity index (χ4n) is 1.62. The standard InChI is InChI=1S/C11H21NO3/c1-11(2,3)15-12-10(14)8-4-6-9(13)7-5-8/h8-9,13H,4-7H2,1-3H3,(H,12,14). The first-order chi connectivity index (χ1) is 6.88. The van der Waals surface area contributed by atoms with Gasteiger partial charge in [0.15, 0.2) is 0 Å². The molecule has 1 fully saturated rings. The van der Waals surface area contributed by atoms with Crippen molar-refractivity contribution in [2.45, 2.75) is 58.2 Å². The van der Waals surface area contributed by atoms with Crippen LogP contribution in [0.15, 0.2) is 0 Å². The number of hydroxylamine groups is 1. The van der Waals surface area contributed by atoms with Crippen molar-refractivity contribution in [3.63, 3.8) is 0 Å². The maximum absolute atomic E-state index is 11.6.